The molecule has 8 nitrogen and oxygen atoms in total. The molecule has 1 aromatic heterocycles. The largest absolute Gasteiger partial charge is 0.478 e. The van der Waals surface area contributed by atoms with Crippen LogP contribution < -0.4 is 11.5 Å². The van der Waals surface area contributed by atoms with Gasteiger partial charge in [0.15, 0.2) is 0 Å². The fraction of sp³-hybridized carbons (Fsp3) is 0. The molecule has 0 aliphatic rings. The van der Waals surface area contributed by atoms with Crippen LogP contribution in [-0.4, -0.2) is 32.2 Å². The van der Waals surface area contributed by atoms with Gasteiger partial charge in [0.05, 0.1) is 5.56 Å². The van der Waals surface area contributed by atoms with Crippen LogP contribution in [0.1, 0.15) is 15.9 Å². The first-order valence-corrected chi connectivity index (χ1v) is 5.19. The van der Waals surface area contributed by atoms with Gasteiger partial charge in [-0.25, -0.2) is 9.79 Å². The molecular weight excluding hydrogens is 248 g/mol. The minimum Gasteiger partial charge on any atom is -0.478 e. The molecule has 0 aliphatic carbocycles. The van der Waals surface area contributed by atoms with Crippen LogP contribution in [0.3, 0.4) is 0 Å². The van der Waals surface area contributed by atoms with Gasteiger partial charge in [0.1, 0.15) is 0 Å². The van der Waals surface area contributed by atoms with E-state index in [1.807, 2.05) is 0 Å². The number of benzene rings is 1. The van der Waals surface area contributed by atoms with Gasteiger partial charge in [-0.05, 0) is 17.7 Å². The van der Waals surface area contributed by atoms with Gasteiger partial charge >= 0.3 is 5.97 Å². The molecule has 1 heterocycles. The van der Waals surface area contributed by atoms with Crippen LogP contribution in [0.2, 0.25) is 0 Å². The Morgan fingerprint density at radius 1 is 1.11 bits per heavy atom. The number of hydrogen-bond donors (Lipinski definition) is 3. The van der Waals surface area contributed by atoms with Gasteiger partial charge in [-0.15, -0.1) is 0 Å². The Bertz CT molecular complexity index is 618. The molecule has 0 radical (unpaired) electrons. The molecule has 19 heavy (non-hydrogen) atoms. The van der Waals surface area contributed by atoms with Crippen molar-refractivity contribution in [1.82, 2.24) is 15.0 Å². The van der Waals surface area contributed by atoms with E-state index < -0.39 is 5.97 Å². The SMILES string of the molecule is Nc1nc(N)nc(/N=C/c2ccc(C(=O)O)cc2)n1. The monoisotopic (exact) mass is 258 g/mol. The number of nitrogens with zero attached hydrogens (tertiary/aromatic N) is 4. The second-order valence-corrected chi connectivity index (χ2v) is 3.54. The molecule has 0 unspecified atom stereocenters. The number of aliphatic imine (C=N–C) groups is 1. The second kappa shape index (κ2) is 5.08. The molecule has 0 bridgehead atoms. The van der Waals surface area contributed by atoms with E-state index in [4.69, 9.17) is 16.6 Å². The summed E-state index contributed by atoms with van der Waals surface area (Å²) in [5.74, 6) is -0.921. The zero-order chi connectivity index (χ0) is 13.8. The summed E-state index contributed by atoms with van der Waals surface area (Å²) in [6, 6.07) is 6.17. The van der Waals surface area contributed by atoms with Crippen LogP contribution in [-0.2, 0) is 0 Å². The van der Waals surface area contributed by atoms with E-state index >= 15 is 0 Å². The number of nitrogens with two attached hydrogens (primary N) is 2. The van der Waals surface area contributed by atoms with E-state index in [2.05, 4.69) is 19.9 Å². The Balaban J connectivity index is 2.20. The number of aromatic carboxylic acids is 1. The molecule has 0 aliphatic heterocycles. The normalized spacial score (nSPS) is 10.7. The highest BCUT2D eigenvalue weighted by atomic mass is 16.4. The highest BCUT2D eigenvalue weighted by Crippen LogP contribution is 2.08. The molecule has 0 atom stereocenters. The number of carboxylic acids is 1. The predicted molar refractivity (Wildman–Crippen MR) is 69.3 cm³/mol. The number of rotatable bonds is 3. The zero-order valence-electron chi connectivity index (χ0n) is 9.69. The van der Waals surface area contributed by atoms with Crippen molar-refractivity contribution < 1.29 is 9.90 Å². The number of anilines is 2. The standard InChI is InChI=1S/C11H10N6O2/c12-9-15-10(13)17-11(16-9)14-5-6-1-3-7(4-2-6)8(18)19/h1-5H,(H,18,19)(H4,12,13,15,16,17)/b14-5+. The lowest BCUT2D eigenvalue weighted by molar-refractivity contribution is 0.0697. The minimum atomic E-state index is -0.985. The molecule has 0 fully saturated rings. The van der Waals surface area contributed by atoms with Gasteiger partial charge < -0.3 is 16.6 Å². The summed E-state index contributed by atoms with van der Waals surface area (Å²) >= 11 is 0. The number of hydrogen-bond acceptors (Lipinski definition) is 7. The van der Waals surface area contributed by atoms with E-state index in [0.717, 1.165) is 0 Å². The summed E-state index contributed by atoms with van der Waals surface area (Å²) in [5.41, 5.74) is 11.7. The van der Waals surface area contributed by atoms with Crippen molar-refractivity contribution in [2.75, 3.05) is 11.5 Å². The van der Waals surface area contributed by atoms with Crippen LogP contribution in [0.15, 0.2) is 29.3 Å². The van der Waals surface area contributed by atoms with Gasteiger partial charge in [-0.1, -0.05) is 12.1 Å². The van der Waals surface area contributed by atoms with Crippen LogP contribution in [0, 0.1) is 0 Å². The number of aromatic nitrogens is 3. The summed E-state index contributed by atoms with van der Waals surface area (Å²) in [6.07, 6.45) is 1.47. The van der Waals surface area contributed by atoms with E-state index in [9.17, 15) is 4.79 Å². The summed E-state index contributed by atoms with van der Waals surface area (Å²) in [5, 5.41) is 8.76. The van der Waals surface area contributed by atoms with Gasteiger partial charge in [0.25, 0.3) is 5.95 Å². The summed E-state index contributed by atoms with van der Waals surface area (Å²) in [7, 11) is 0. The van der Waals surface area contributed by atoms with Crippen LogP contribution >= 0.6 is 0 Å². The molecule has 1 aromatic carbocycles. The molecule has 2 rings (SSSR count). The lowest BCUT2D eigenvalue weighted by Crippen LogP contribution is -2.01. The summed E-state index contributed by atoms with van der Waals surface area (Å²) < 4.78 is 0. The lowest BCUT2D eigenvalue weighted by atomic mass is 10.1. The third kappa shape index (κ3) is 3.22. The van der Waals surface area contributed by atoms with E-state index in [-0.39, 0.29) is 23.4 Å². The Morgan fingerprint density at radius 3 is 2.21 bits per heavy atom. The first-order valence-electron chi connectivity index (χ1n) is 5.19. The Kier molecular flexibility index (Phi) is 3.33. The molecule has 0 amide bonds. The summed E-state index contributed by atoms with van der Waals surface area (Å²) in [4.78, 5) is 25.8. The average Bonchev–Trinajstić information content (AvgIpc) is 2.36. The molecule has 96 valence electrons. The predicted octanol–water partition coefficient (Wildman–Crippen LogP) is 0.485. The highest BCUT2D eigenvalue weighted by molar-refractivity contribution is 5.89. The first-order chi connectivity index (χ1) is 9.04. The molecule has 2 aromatic rings. The van der Waals surface area contributed by atoms with Crippen molar-refractivity contribution >= 4 is 30.0 Å². The van der Waals surface area contributed by atoms with Crippen LogP contribution in [0.25, 0.3) is 0 Å². The molecule has 5 N–H and O–H groups in total. The van der Waals surface area contributed by atoms with E-state index in [0.29, 0.717) is 5.56 Å². The van der Waals surface area contributed by atoms with E-state index in [1.54, 1.807) is 12.1 Å². The van der Waals surface area contributed by atoms with Crippen molar-refractivity contribution in [3.8, 4) is 0 Å². The van der Waals surface area contributed by atoms with Crippen molar-refractivity contribution in [2.45, 2.75) is 0 Å². The van der Waals surface area contributed by atoms with Crippen molar-refractivity contribution in [2.24, 2.45) is 4.99 Å². The molecular formula is C11H10N6O2. The third-order valence-corrected chi connectivity index (χ3v) is 2.14. The second-order valence-electron chi connectivity index (χ2n) is 3.54. The smallest absolute Gasteiger partial charge is 0.335 e. The maximum atomic E-state index is 10.7. The number of carboxylic acid groups (broad SMARTS) is 1. The lowest BCUT2D eigenvalue weighted by Gasteiger charge is -1.97. The van der Waals surface area contributed by atoms with Gasteiger partial charge in [-0.3, -0.25) is 0 Å². The van der Waals surface area contributed by atoms with Crippen molar-refractivity contribution in [3.63, 3.8) is 0 Å². The Morgan fingerprint density at radius 2 is 1.68 bits per heavy atom. The fourth-order valence-corrected chi connectivity index (χ4v) is 1.30. The topological polar surface area (TPSA) is 140 Å². The highest BCUT2D eigenvalue weighted by Gasteiger charge is 2.01. The van der Waals surface area contributed by atoms with Crippen molar-refractivity contribution in [1.29, 1.82) is 0 Å². The number of carbonyl (C=O) groups is 1. The molecule has 8 heteroatoms. The average molecular weight is 258 g/mol. The van der Waals surface area contributed by atoms with E-state index in [1.165, 1.54) is 18.3 Å². The Labute approximate surface area is 107 Å². The molecule has 0 spiro atoms. The van der Waals surface area contributed by atoms with Crippen LogP contribution in [0.4, 0.5) is 17.8 Å². The number of nitrogen functional groups attached to an aromatic ring is 2. The summed E-state index contributed by atoms with van der Waals surface area (Å²) in [6.45, 7) is 0. The van der Waals surface area contributed by atoms with Gasteiger partial charge in [-0.2, -0.15) is 15.0 Å². The zero-order valence-corrected chi connectivity index (χ0v) is 9.69. The molecule has 0 saturated carbocycles. The third-order valence-electron chi connectivity index (χ3n) is 2.14. The Hall–Kier alpha value is -3.03. The van der Waals surface area contributed by atoms with Gasteiger partial charge in [0, 0.05) is 6.21 Å². The fourth-order valence-electron chi connectivity index (χ4n) is 1.30. The first kappa shape index (κ1) is 12.4. The van der Waals surface area contributed by atoms with Crippen molar-refractivity contribution in [3.05, 3.63) is 35.4 Å². The minimum absolute atomic E-state index is 0.0131. The molecule has 0 saturated heterocycles. The maximum absolute atomic E-state index is 10.7. The van der Waals surface area contributed by atoms with Crippen LogP contribution in [0.5, 0.6) is 0 Å². The van der Waals surface area contributed by atoms with Gasteiger partial charge in [0.2, 0.25) is 11.9 Å². The maximum Gasteiger partial charge on any atom is 0.335 e. The quantitative estimate of drug-likeness (QED) is 0.680.